The molecule has 0 amide bonds. The molecule has 21 heavy (non-hydrogen) atoms. The van der Waals surface area contributed by atoms with Gasteiger partial charge < -0.3 is 9.42 Å². The van der Waals surface area contributed by atoms with Gasteiger partial charge in [-0.3, -0.25) is 4.90 Å². The second-order valence-electron chi connectivity index (χ2n) is 5.08. The van der Waals surface area contributed by atoms with Crippen LogP contribution < -0.4 is 4.90 Å². The molecule has 1 fully saturated rings. The Balaban J connectivity index is 1.85. The number of halogens is 2. The molecule has 0 unspecified atom stereocenters. The molecule has 0 bridgehead atoms. The second-order valence-corrected chi connectivity index (χ2v) is 5.92. The van der Waals surface area contributed by atoms with E-state index in [4.69, 9.17) is 27.7 Å². The Morgan fingerprint density at radius 3 is 2.81 bits per heavy atom. The van der Waals surface area contributed by atoms with E-state index in [1.807, 2.05) is 14.0 Å². The van der Waals surface area contributed by atoms with Crippen molar-refractivity contribution in [1.82, 2.24) is 20.0 Å². The first-order chi connectivity index (χ1) is 10.0. The third kappa shape index (κ3) is 2.97. The van der Waals surface area contributed by atoms with E-state index in [2.05, 4.69) is 24.9 Å². The van der Waals surface area contributed by atoms with Gasteiger partial charge in [-0.05, 0) is 20.0 Å². The molecule has 3 rings (SSSR count). The van der Waals surface area contributed by atoms with Crippen LogP contribution in [0.5, 0.6) is 0 Å². The molecule has 0 N–H and O–H groups in total. The van der Waals surface area contributed by atoms with Crippen LogP contribution in [-0.4, -0.2) is 46.7 Å². The van der Waals surface area contributed by atoms with Crippen LogP contribution in [0.2, 0.25) is 10.0 Å². The smallest absolute Gasteiger partial charge is 0.245 e. The zero-order valence-corrected chi connectivity index (χ0v) is 13.3. The summed E-state index contributed by atoms with van der Waals surface area (Å²) in [4.78, 5) is 13.0. The van der Waals surface area contributed by atoms with E-state index in [1.54, 1.807) is 12.3 Å². The number of pyridine rings is 1. The van der Waals surface area contributed by atoms with Crippen molar-refractivity contribution in [2.45, 2.75) is 13.0 Å². The standard InChI is InChI=1S/C13H15Cl2N5O/c1-8-17-13(21-18-8)11-7-20(4-3-19(11)2)12-10(15)5-9(14)6-16-12/h5-6,11H,3-4,7H2,1-2H3/t11-/m0/s1. The quantitative estimate of drug-likeness (QED) is 0.844. The largest absolute Gasteiger partial charge is 0.352 e. The van der Waals surface area contributed by atoms with Crippen molar-refractivity contribution in [2.24, 2.45) is 0 Å². The summed E-state index contributed by atoms with van der Waals surface area (Å²) in [6.07, 6.45) is 1.60. The Morgan fingerprint density at radius 2 is 2.14 bits per heavy atom. The van der Waals surface area contributed by atoms with E-state index in [0.717, 1.165) is 18.9 Å². The highest BCUT2D eigenvalue weighted by Crippen LogP contribution is 2.30. The minimum atomic E-state index is 0.0218. The summed E-state index contributed by atoms with van der Waals surface area (Å²) in [6, 6.07) is 1.73. The Morgan fingerprint density at radius 1 is 1.33 bits per heavy atom. The van der Waals surface area contributed by atoms with Crippen LogP contribution in [0.1, 0.15) is 17.8 Å². The summed E-state index contributed by atoms with van der Waals surface area (Å²) in [5, 5.41) is 4.94. The van der Waals surface area contributed by atoms with Crippen LogP contribution in [-0.2, 0) is 0 Å². The lowest BCUT2D eigenvalue weighted by Gasteiger charge is -2.38. The molecule has 8 heteroatoms. The fourth-order valence-corrected chi connectivity index (χ4v) is 2.92. The zero-order chi connectivity index (χ0) is 15.0. The topological polar surface area (TPSA) is 58.3 Å². The summed E-state index contributed by atoms with van der Waals surface area (Å²) in [5.74, 6) is 1.98. The third-order valence-electron chi connectivity index (χ3n) is 3.56. The molecule has 0 aliphatic carbocycles. The number of aromatic nitrogens is 3. The van der Waals surface area contributed by atoms with Gasteiger partial charge in [0.2, 0.25) is 5.89 Å². The van der Waals surface area contributed by atoms with Crippen molar-refractivity contribution in [1.29, 1.82) is 0 Å². The Bertz CT molecular complexity index is 647. The van der Waals surface area contributed by atoms with Crippen molar-refractivity contribution < 1.29 is 4.52 Å². The predicted molar refractivity (Wildman–Crippen MR) is 80.9 cm³/mol. The first kappa shape index (κ1) is 14.6. The molecule has 0 radical (unpaired) electrons. The first-order valence-corrected chi connectivity index (χ1v) is 7.36. The van der Waals surface area contributed by atoms with E-state index in [-0.39, 0.29) is 6.04 Å². The monoisotopic (exact) mass is 327 g/mol. The Kier molecular flexibility index (Phi) is 4.01. The van der Waals surface area contributed by atoms with Gasteiger partial charge in [-0.2, -0.15) is 4.98 Å². The highest BCUT2D eigenvalue weighted by Gasteiger charge is 2.31. The van der Waals surface area contributed by atoms with Gasteiger partial charge in [0.25, 0.3) is 0 Å². The second kappa shape index (κ2) is 5.79. The number of likely N-dealkylation sites (N-methyl/N-ethyl adjacent to an activating group) is 1. The first-order valence-electron chi connectivity index (χ1n) is 6.61. The van der Waals surface area contributed by atoms with E-state index in [1.165, 1.54) is 0 Å². The molecule has 6 nitrogen and oxygen atoms in total. The number of aryl methyl sites for hydroxylation is 1. The van der Waals surface area contributed by atoms with E-state index >= 15 is 0 Å². The molecule has 2 aromatic heterocycles. The summed E-state index contributed by atoms with van der Waals surface area (Å²) < 4.78 is 5.30. The van der Waals surface area contributed by atoms with Gasteiger partial charge in [-0.1, -0.05) is 28.4 Å². The number of anilines is 1. The molecule has 0 saturated carbocycles. The number of rotatable bonds is 2. The SMILES string of the molecule is Cc1noc([C@@H]2CN(c3ncc(Cl)cc3Cl)CCN2C)n1. The average molecular weight is 328 g/mol. The normalized spacial score (nSPS) is 20.0. The van der Waals surface area contributed by atoms with Gasteiger partial charge in [0.05, 0.1) is 10.0 Å². The van der Waals surface area contributed by atoms with Gasteiger partial charge in [-0.25, -0.2) is 4.98 Å². The molecule has 1 atom stereocenters. The number of piperazine rings is 1. The van der Waals surface area contributed by atoms with Gasteiger partial charge in [-0.15, -0.1) is 0 Å². The zero-order valence-electron chi connectivity index (χ0n) is 11.8. The van der Waals surface area contributed by atoms with Gasteiger partial charge in [0.1, 0.15) is 11.9 Å². The molecule has 2 aromatic rings. The molecule has 1 aliphatic rings. The van der Waals surface area contributed by atoms with E-state index in [0.29, 0.717) is 28.3 Å². The Hall–Kier alpha value is -1.37. The highest BCUT2D eigenvalue weighted by molar-refractivity contribution is 6.36. The molecule has 3 heterocycles. The van der Waals surface area contributed by atoms with Crippen molar-refractivity contribution >= 4 is 29.0 Å². The fourth-order valence-electron chi connectivity index (χ4n) is 2.42. The van der Waals surface area contributed by atoms with Crippen molar-refractivity contribution in [3.05, 3.63) is 34.0 Å². The van der Waals surface area contributed by atoms with Crippen LogP contribution >= 0.6 is 23.2 Å². The van der Waals surface area contributed by atoms with E-state index in [9.17, 15) is 0 Å². The average Bonchev–Trinajstić information content (AvgIpc) is 2.86. The van der Waals surface area contributed by atoms with Crippen molar-refractivity contribution in [2.75, 3.05) is 31.6 Å². The molecule has 112 valence electrons. The van der Waals surface area contributed by atoms with Crippen molar-refractivity contribution in [3.8, 4) is 0 Å². The van der Waals surface area contributed by atoms with Crippen molar-refractivity contribution in [3.63, 3.8) is 0 Å². The Labute approximate surface area is 132 Å². The lowest BCUT2D eigenvalue weighted by molar-refractivity contribution is 0.177. The third-order valence-corrected chi connectivity index (χ3v) is 4.05. The fraction of sp³-hybridized carbons (Fsp3) is 0.462. The molecular formula is C13H15Cl2N5O. The van der Waals surface area contributed by atoms with Crippen LogP contribution in [0.25, 0.3) is 0 Å². The van der Waals surface area contributed by atoms with E-state index < -0.39 is 0 Å². The maximum atomic E-state index is 6.24. The maximum absolute atomic E-state index is 6.24. The van der Waals surface area contributed by atoms with Gasteiger partial charge >= 0.3 is 0 Å². The van der Waals surface area contributed by atoms with Gasteiger partial charge in [0.15, 0.2) is 5.82 Å². The summed E-state index contributed by atoms with van der Waals surface area (Å²) in [5.41, 5.74) is 0. The predicted octanol–water partition coefficient (Wildman–Crippen LogP) is 2.57. The minimum absolute atomic E-state index is 0.0218. The molecule has 1 saturated heterocycles. The molecular weight excluding hydrogens is 313 g/mol. The van der Waals surface area contributed by atoms with Crippen LogP contribution in [0.15, 0.2) is 16.8 Å². The van der Waals surface area contributed by atoms with Crippen LogP contribution in [0.4, 0.5) is 5.82 Å². The molecule has 1 aliphatic heterocycles. The summed E-state index contributed by atoms with van der Waals surface area (Å²) in [7, 11) is 2.04. The van der Waals surface area contributed by atoms with Crippen LogP contribution in [0, 0.1) is 6.92 Å². The number of nitrogens with zero attached hydrogens (tertiary/aromatic N) is 5. The highest BCUT2D eigenvalue weighted by atomic mass is 35.5. The molecule has 0 aromatic carbocycles. The summed E-state index contributed by atoms with van der Waals surface area (Å²) >= 11 is 12.1. The lowest BCUT2D eigenvalue weighted by Crippen LogP contribution is -2.47. The maximum Gasteiger partial charge on any atom is 0.245 e. The lowest BCUT2D eigenvalue weighted by atomic mass is 10.1. The minimum Gasteiger partial charge on any atom is -0.352 e. The van der Waals surface area contributed by atoms with Crippen LogP contribution in [0.3, 0.4) is 0 Å². The number of hydrogen-bond acceptors (Lipinski definition) is 6. The molecule has 0 spiro atoms. The van der Waals surface area contributed by atoms with Gasteiger partial charge in [0, 0.05) is 25.8 Å². The summed E-state index contributed by atoms with van der Waals surface area (Å²) in [6.45, 7) is 4.18. The number of hydrogen-bond donors (Lipinski definition) is 0.